The minimum Gasteiger partial charge on any atom is -0.444 e. The van der Waals surface area contributed by atoms with Crippen molar-refractivity contribution in [3.05, 3.63) is 0 Å². The van der Waals surface area contributed by atoms with E-state index in [9.17, 15) is 9.90 Å². The average Bonchev–Trinajstić information content (AvgIpc) is 2.50. The van der Waals surface area contributed by atoms with Crippen LogP contribution in [-0.4, -0.2) is 45.3 Å². The predicted octanol–water partition coefficient (Wildman–Crippen LogP) is 1.74. The first-order valence-electron chi connectivity index (χ1n) is 5.50. The minimum atomic E-state index is -0.514. The lowest BCUT2D eigenvalue weighted by molar-refractivity contribution is -0.00792. The molecule has 1 N–H and O–H groups in total. The molecule has 2 heterocycles. The number of aliphatic hydroxyl groups is 1. The number of hydrogen-bond acceptors (Lipinski definition) is 3. The smallest absolute Gasteiger partial charge is 0.410 e. The quantitative estimate of drug-likeness (QED) is 0.718. The Balaban J connectivity index is 2.08. The van der Waals surface area contributed by atoms with E-state index in [1.165, 1.54) is 0 Å². The molecule has 0 aromatic heterocycles. The highest BCUT2D eigenvalue weighted by Gasteiger charge is 2.66. The summed E-state index contributed by atoms with van der Waals surface area (Å²) in [6, 6.07) is 0. The number of fused-ring (bicyclic) bond motifs is 1. The molecule has 1 amide bonds. The highest BCUT2D eigenvalue weighted by atomic mass is 35.5. The number of nitrogens with zero attached hydrogens (tertiary/aromatic N) is 1. The first-order chi connectivity index (χ1) is 7.20. The van der Waals surface area contributed by atoms with Gasteiger partial charge in [0.05, 0.1) is 17.0 Å². The molecule has 1 aliphatic carbocycles. The summed E-state index contributed by atoms with van der Waals surface area (Å²) in [4.78, 5) is 13.2. The molecule has 92 valence electrons. The maximum absolute atomic E-state index is 11.9. The van der Waals surface area contributed by atoms with Crippen LogP contribution < -0.4 is 0 Å². The van der Waals surface area contributed by atoms with E-state index in [0.717, 1.165) is 0 Å². The molecule has 16 heavy (non-hydrogen) atoms. The predicted molar refractivity (Wildman–Crippen MR) is 60.6 cm³/mol. The van der Waals surface area contributed by atoms with Crippen molar-refractivity contribution in [1.29, 1.82) is 0 Å². The van der Waals surface area contributed by atoms with E-state index in [0.29, 0.717) is 19.4 Å². The van der Waals surface area contributed by atoms with Crippen LogP contribution in [0.4, 0.5) is 4.79 Å². The van der Waals surface area contributed by atoms with Crippen LogP contribution in [0.2, 0.25) is 0 Å². The summed E-state index contributed by atoms with van der Waals surface area (Å²) in [5, 5.41) is 9.39. The largest absolute Gasteiger partial charge is 0.444 e. The van der Waals surface area contributed by atoms with Crippen LogP contribution in [0.15, 0.2) is 0 Å². The van der Waals surface area contributed by atoms with Crippen LogP contribution in [0.5, 0.6) is 0 Å². The Morgan fingerprint density at radius 1 is 1.50 bits per heavy atom. The molecule has 3 fully saturated rings. The number of hydrogen-bond donors (Lipinski definition) is 1. The maximum Gasteiger partial charge on any atom is 0.410 e. The lowest BCUT2D eigenvalue weighted by Crippen LogP contribution is -2.55. The van der Waals surface area contributed by atoms with Gasteiger partial charge in [0.25, 0.3) is 0 Å². The third-order valence-corrected chi connectivity index (χ3v) is 3.60. The van der Waals surface area contributed by atoms with Crippen molar-refractivity contribution in [2.24, 2.45) is 0 Å². The molecule has 2 bridgehead atoms. The third kappa shape index (κ3) is 1.78. The lowest BCUT2D eigenvalue weighted by Gasteiger charge is -2.43. The molecule has 2 saturated heterocycles. The van der Waals surface area contributed by atoms with Gasteiger partial charge >= 0.3 is 6.09 Å². The molecule has 3 aliphatic rings. The summed E-state index contributed by atoms with van der Waals surface area (Å²) in [7, 11) is 0. The molecule has 0 aromatic rings. The van der Waals surface area contributed by atoms with Crippen LogP contribution in [0.1, 0.15) is 33.6 Å². The second-order valence-corrected chi connectivity index (χ2v) is 6.76. The summed E-state index contributed by atoms with van der Waals surface area (Å²) in [6.45, 7) is 5.92. The highest BCUT2D eigenvalue weighted by Crippen LogP contribution is 2.57. The summed E-state index contributed by atoms with van der Waals surface area (Å²) < 4.78 is 5.31. The van der Waals surface area contributed by atoms with E-state index in [4.69, 9.17) is 16.3 Å². The van der Waals surface area contributed by atoms with E-state index >= 15 is 0 Å². The molecule has 1 saturated carbocycles. The summed E-state index contributed by atoms with van der Waals surface area (Å²) in [5.74, 6) is 0. The lowest BCUT2D eigenvalue weighted by atomic mass is 9.73. The van der Waals surface area contributed by atoms with E-state index < -0.39 is 11.1 Å². The molecule has 0 aromatic carbocycles. The Morgan fingerprint density at radius 2 is 2.06 bits per heavy atom. The van der Waals surface area contributed by atoms with Gasteiger partial charge in [0, 0.05) is 6.54 Å². The van der Waals surface area contributed by atoms with Crippen molar-refractivity contribution in [2.75, 3.05) is 13.2 Å². The van der Waals surface area contributed by atoms with Gasteiger partial charge in [0.1, 0.15) is 5.60 Å². The monoisotopic (exact) mass is 247 g/mol. The number of alkyl halides is 1. The molecular formula is C11H18ClNO3. The third-order valence-electron chi connectivity index (χ3n) is 3.21. The number of carbonyl (C=O) groups excluding carboxylic acids is 1. The second-order valence-electron chi connectivity index (χ2n) is 5.95. The number of amides is 1. The van der Waals surface area contributed by atoms with Gasteiger partial charge in [-0.2, -0.15) is 0 Å². The SMILES string of the molecule is CC(C)(C)OC(=O)N1CC2(Cl)CC1(CO)C2. The Morgan fingerprint density at radius 3 is 2.50 bits per heavy atom. The van der Waals surface area contributed by atoms with Gasteiger partial charge in [-0.1, -0.05) is 0 Å². The van der Waals surface area contributed by atoms with Crippen molar-refractivity contribution in [3.63, 3.8) is 0 Å². The van der Waals surface area contributed by atoms with Crippen LogP contribution in [0.3, 0.4) is 0 Å². The van der Waals surface area contributed by atoms with Crippen molar-refractivity contribution < 1.29 is 14.6 Å². The van der Waals surface area contributed by atoms with E-state index in [1.807, 2.05) is 20.8 Å². The molecule has 2 aliphatic heterocycles. The minimum absolute atomic E-state index is 0.0410. The van der Waals surface area contributed by atoms with Crippen LogP contribution >= 0.6 is 11.6 Å². The molecule has 3 rings (SSSR count). The van der Waals surface area contributed by atoms with Crippen LogP contribution in [0.25, 0.3) is 0 Å². The maximum atomic E-state index is 11.9. The Hall–Kier alpha value is -0.480. The zero-order valence-electron chi connectivity index (χ0n) is 9.92. The Bertz CT molecular complexity index is 318. The first-order valence-corrected chi connectivity index (χ1v) is 5.88. The second kappa shape index (κ2) is 3.26. The molecule has 0 atom stereocenters. The van der Waals surface area contributed by atoms with Gasteiger partial charge < -0.3 is 9.84 Å². The van der Waals surface area contributed by atoms with Crippen LogP contribution in [-0.2, 0) is 4.74 Å². The first kappa shape index (κ1) is 12.0. The topological polar surface area (TPSA) is 49.8 Å². The number of aliphatic hydroxyl groups excluding tert-OH is 1. The Kier molecular flexibility index (Phi) is 2.45. The zero-order chi connectivity index (χ0) is 12.2. The van der Waals surface area contributed by atoms with Crippen molar-refractivity contribution in [1.82, 2.24) is 4.90 Å². The molecule has 0 unspecified atom stereocenters. The van der Waals surface area contributed by atoms with E-state index in [-0.39, 0.29) is 17.6 Å². The normalized spacial score (nSPS) is 37.2. The summed E-state index contributed by atoms with van der Waals surface area (Å²) in [6.07, 6.45) is 0.954. The van der Waals surface area contributed by atoms with Gasteiger partial charge in [-0.25, -0.2) is 4.79 Å². The summed E-state index contributed by atoms with van der Waals surface area (Å²) in [5.41, 5.74) is -0.982. The van der Waals surface area contributed by atoms with Crippen molar-refractivity contribution >= 4 is 17.7 Å². The van der Waals surface area contributed by atoms with Gasteiger partial charge in [0.2, 0.25) is 0 Å². The number of carbonyl (C=O) groups is 1. The zero-order valence-corrected chi connectivity index (χ0v) is 10.7. The van der Waals surface area contributed by atoms with Crippen molar-refractivity contribution in [3.8, 4) is 0 Å². The number of ether oxygens (including phenoxy) is 1. The van der Waals surface area contributed by atoms with E-state index in [2.05, 4.69) is 0 Å². The Labute approximate surface area is 101 Å². The fourth-order valence-electron chi connectivity index (χ4n) is 2.65. The van der Waals surface area contributed by atoms with Gasteiger partial charge in [0.15, 0.2) is 0 Å². The molecule has 4 nitrogen and oxygen atoms in total. The van der Waals surface area contributed by atoms with E-state index in [1.54, 1.807) is 4.90 Å². The van der Waals surface area contributed by atoms with Gasteiger partial charge in [-0.15, -0.1) is 11.6 Å². The van der Waals surface area contributed by atoms with Crippen molar-refractivity contribution in [2.45, 2.75) is 49.6 Å². The van der Waals surface area contributed by atoms with Crippen LogP contribution in [0, 0.1) is 0 Å². The number of halogens is 1. The fraction of sp³-hybridized carbons (Fsp3) is 0.909. The van der Waals surface area contributed by atoms with Gasteiger partial charge in [-0.05, 0) is 33.6 Å². The molecule has 0 radical (unpaired) electrons. The summed E-state index contributed by atoms with van der Waals surface area (Å²) >= 11 is 6.25. The number of rotatable bonds is 1. The molecule has 5 heteroatoms. The standard InChI is InChI=1S/C11H18ClNO3/c1-9(2,3)16-8(15)13-6-10(12)4-11(13,5-10)7-14/h14H,4-7H2,1-3H3. The highest BCUT2D eigenvalue weighted by molar-refractivity contribution is 6.25. The molecular weight excluding hydrogens is 230 g/mol. The fourth-order valence-corrected chi connectivity index (χ4v) is 3.27. The molecule has 0 spiro atoms. The average molecular weight is 248 g/mol. The van der Waals surface area contributed by atoms with Gasteiger partial charge in [-0.3, -0.25) is 4.90 Å².